The van der Waals surface area contributed by atoms with Crippen molar-refractivity contribution in [3.05, 3.63) is 36.1 Å². The molecule has 7 N–H and O–H groups in total. The number of benzene rings is 1. The van der Waals surface area contributed by atoms with Crippen molar-refractivity contribution in [3.63, 3.8) is 0 Å². The Morgan fingerprint density at radius 1 is 1.13 bits per heavy atom. The topological polar surface area (TPSA) is 201 Å². The van der Waals surface area contributed by atoms with E-state index in [2.05, 4.69) is 5.32 Å². The molecule has 1 saturated heterocycles. The van der Waals surface area contributed by atoms with Crippen molar-refractivity contribution in [3.8, 4) is 11.5 Å². The summed E-state index contributed by atoms with van der Waals surface area (Å²) in [5.41, 5.74) is -5.64. The number of fused-ring (bicyclic) bond motifs is 11. The number of aryl methyl sites for hydroxylation is 1. The van der Waals surface area contributed by atoms with Crippen LogP contribution in [0.2, 0.25) is 0 Å². The van der Waals surface area contributed by atoms with Crippen molar-refractivity contribution >= 4 is 38.5 Å². The molecule has 5 bridgehead atoms. The number of hydrogen-bond donors (Lipinski definition) is 7. The summed E-state index contributed by atoms with van der Waals surface area (Å²) in [4.78, 5) is 12.7. The van der Waals surface area contributed by atoms with Crippen LogP contribution in [0.25, 0.3) is 11.0 Å². The van der Waals surface area contributed by atoms with Crippen LogP contribution in [-0.4, -0.2) is 121 Å². The number of carbonyl (C=O) groups is 1. The van der Waals surface area contributed by atoms with Gasteiger partial charge in [-0.1, -0.05) is 40.5 Å². The molecule has 4 fully saturated rings. The molecule has 10 atom stereocenters. The normalized spacial score (nSPS) is 40.4. The van der Waals surface area contributed by atoms with Crippen LogP contribution in [0.15, 0.2) is 35.0 Å². The summed E-state index contributed by atoms with van der Waals surface area (Å²) >= 11 is 0. The van der Waals surface area contributed by atoms with Gasteiger partial charge in [0.05, 0.1) is 30.8 Å². The van der Waals surface area contributed by atoms with Crippen molar-refractivity contribution < 1.29 is 58.8 Å². The van der Waals surface area contributed by atoms with E-state index < -0.39 is 77.0 Å². The average Bonchev–Trinajstić information content (AvgIpc) is 3.82. The maximum absolute atomic E-state index is 13.4. The number of hydrogen-bond acceptors (Lipinski definition) is 15. The minimum atomic E-state index is -2.46. The molecule has 2 aromatic rings. The SMILES string of the molecule is CCOC(=O)CCc1cc2ccoc2c2c1O[C@]13C=CC(SSC4(CCCC4)CNCCO2)[C@](CO)(O1)[C@@]1(O)C[C@@H]2CC[C@H](O)[C@H](CO)[C@H]2[C@@]3(O)[C@H]1O. The first-order valence-corrected chi connectivity index (χ1v) is 21.2. The first-order valence-electron chi connectivity index (χ1n) is 19.0. The second-order valence-electron chi connectivity index (χ2n) is 15.8. The molecule has 3 saturated carbocycles. The van der Waals surface area contributed by atoms with Crippen LogP contribution >= 0.6 is 21.6 Å². The molecule has 53 heavy (non-hydrogen) atoms. The lowest BCUT2D eigenvalue weighted by Gasteiger charge is -2.72. The standard InChI is InChI=1S/C38H51NO12S2/c1-2-47-28(43)8-6-22-17-23-10-15-48-30(23)32-31(22)50-37-13-9-27(52-53-34(11-3-4-12-34)20-39-14-16-49-32)36(21-41,51-37)35(45)18-24-5-7-26(42)25(19-40)29(24)38(37,46)33(35)44/h9-10,13,15,17,24-27,29,33,39-42,44-46H,2-8,11-12,14,16,18-21H2,1H3/t24-,25-,26-,27?,29-,33-,35+,36-,37+,38+/m0/s1. The lowest BCUT2D eigenvalue weighted by atomic mass is 9.46. The number of esters is 1. The zero-order valence-electron chi connectivity index (χ0n) is 29.9. The minimum Gasteiger partial charge on any atom is -0.485 e. The Labute approximate surface area is 316 Å². The van der Waals surface area contributed by atoms with Gasteiger partial charge in [-0.15, -0.1) is 0 Å². The number of aliphatic hydroxyl groups excluding tert-OH is 4. The Hall–Kier alpha value is -2.05. The second kappa shape index (κ2) is 14.2. The molecule has 1 aromatic carbocycles. The van der Waals surface area contributed by atoms with Gasteiger partial charge in [0.1, 0.15) is 23.9 Å². The fourth-order valence-electron chi connectivity index (χ4n) is 10.4. The van der Waals surface area contributed by atoms with Crippen LogP contribution in [0.5, 0.6) is 11.5 Å². The molecular weight excluding hydrogens is 727 g/mol. The molecule has 15 heteroatoms. The van der Waals surface area contributed by atoms with Gasteiger partial charge in [0.15, 0.2) is 16.9 Å². The smallest absolute Gasteiger partial charge is 0.306 e. The summed E-state index contributed by atoms with van der Waals surface area (Å²) in [6.45, 7) is 2.13. The molecular formula is C38H51NO12S2. The number of aliphatic hydroxyl groups is 6. The number of furan rings is 1. The van der Waals surface area contributed by atoms with Crippen molar-refractivity contribution in [1.29, 1.82) is 0 Å². The van der Waals surface area contributed by atoms with Gasteiger partial charge in [-0.3, -0.25) is 4.79 Å². The molecule has 6 aliphatic rings. The summed E-state index contributed by atoms with van der Waals surface area (Å²) in [6.07, 6.45) is 6.78. The van der Waals surface area contributed by atoms with Crippen LogP contribution in [0.3, 0.4) is 0 Å². The predicted octanol–water partition coefficient (Wildman–Crippen LogP) is 2.60. The molecule has 2 spiro atoms. The summed E-state index contributed by atoms with van der Waals surface area (Å²) in [7, 11) is 3.17. The number of carbonyl (C=O) groups excluding carboxylic acids is 1. The van der Waals surface area contributed by atoms with E-state index in [1.807, 2.05) is 0 Å². The summed E-state index contributed by atoms with van der Waals surface area (Å²) in [5, 5.41) is 75.9. The molecule has 13 nitrogen and oxygen atoms in total. The average molecular weight is 778 g/mol. The van der Waals surface area contributed by atoms with Crippen molar-refractivity contribution in [2.24, 2.45) is 17.8 Å². The fourth-order valence-corrected chi connectivity index (χ4v) is 14.2. The fraction of sp³-hybridized carbons (Fsp3) is 0.711. The van der Waals surface area contributed by atoms with Gasteiger partial charge in [-0.2, -0.15) is 0 Å². The van der Waals surface area contributed by atoms with Crippen LogP contribution in [-0.2, 0) is 20.7 Å². The molecule has 4 heterocycles. The van der Waals surface area contributed by atoms with Gasteiger partial charge in [-0.05, 0) is 75.1 Å². The van der Waals surface area contributed by atoms with E-state index in [1.165, 1.54) is 17.1 Å². The maximum Gasteiger partial charge on any atom is 0.306 e. The van der Waals surface area contributed by atoms with E-state index in [0.717, 1.165) is 25.7 Å². The Bertz CT molecular complexity index is 1720. The molecule has 8 rings (SSSR count). The van der Waals surface area contributed by atoms with Gasteiger partial charge >= 0.3 is 5.97 Å². The monoisotopic (exact) mass is 777 g/mol. The number of nitrogens with one attached hydrogen (secondary N) is 1. The van der Waals surface area contributed by atoms with E-state index in [9.17, 15) is 35.4 Å². The van der Waals surface area contributed by atoms with Gasteiger partial charge in [0.2, 0.25) is 5.75 Å². The molecule has 3 aliphatic carbocycles. The first-order chi connectivity index (χ1) is 25.5. The highest BCUT2D eigenvalue weighted by atomic mass is 33.1. The third-order valence-electron chi connectivity index (χ3n) is 13.0. The van der Waals surface area contributed by atoms with Gasteiger partial charge in [-0.25, -0.2) is 0 Å². The molecule has 3 aliphatic heterocycles. The highest BCUT2D eigenvalue weighted by Crippen LogP contribution is 2.67. The van der Waals surface area contributed by atoms with Gasteiger partial charge in [0.25, 0.3) is 5.79 Å². The third-order valence-corrected chi connectivity index (χ3v) is 16.7. The lowest BCUT2D eigenvalue weighted by molar-refractivity contribution is -0.453. The van der Waals surface area contributed by atoms with Crippen LogP contribution in [0.4, 0.5) is 0 Å². The molecule has 1 unspecified atom stereocenters. The van der Waals surface area contributed by atoms with E-state index >= 15 is 0 Å². The van der Waals surface area contributed by atoms with E-state index in [-0.39, 0.29) is 48.7 Å². The maximum atomic E-state index is 13.4. The first kappa shape index (κ1) is 37.9. The van der Waals surface area contributed by atoms with E-state index in [1.54, 1.807) is 42.0 Å². The van der Waals surface area contributed by atoms with Crippen LogP contribution in [0, 0.1) is 17.8 Å². The molecule has 0 amide bonds. The Balaban J connectivity index is 1.36. The number of rotatable bonds is 6. The zero-order chi connectivity index (χ0) is 37.2. The Morgan fingerprint density at radius 2 is 1.94 bits per heavy atom. The second-order valence-corrected chi connectivity index (χ2v) is 18.6. The summed E-state index contributed by atoms with van der Waals surface area (Å²) in [5.74, 6) is -4.82. The van der Waals surface area contributed by atoms with Crippen molar-refractivity contribution in [1.82, 2.24) is 5.32 Å². The zero-order valence-corrected chi connectivity index (χ0v) is 31.5. The van der Waals surface area contributed by atoms with Crippen molar-refractivity contribution in [2.75, 3.05) is 39.5 Å². The minimum absolute atomic E-state index is 0.00697. The van der Waals surface area contributed by atoms with E-state index in [4.69, 9.17) is 23.4 Å². The lowest BCUT2D eigenvalue weighted by Crippen LogP contribution is -2.90. The Kier molecular flexibility index (Phi) is 10.1. The van der Waals surface area contributed by atoms with Gasteiger partial charge < -0.3 is 59.3 Å². The highest BCUT2D eigenvalue weighted by Gasteiger charge is 2.83. The highest BCUT2D eigenvalue weighted by molar-refractivity contribution is 8.77. The molecule has 0 radical (unpaired) electrons. The summed E-state index contributed by atoms with van der Waals surface area (Å²) < 4.78 is 31.6. The third kappa shape index (κ3) is 5.70. The largest absolute Gasteiger partial charge is 0.485 e. The van der Waals surface area contributed by atoms with Crippen LogP contribution in [0.1, 0.15) is 63.9 Å². The molecule has 1 aromatic heterocycles. The quantitative estimate of drug-likeness (QED) is 0.128. The summed E-state index contributed by atoms with van der Waals surface area (Å²) in [6, 6.07) is 3.58. The predicted molar refractivity (Wildman–Crippen MR) is 196 cm³/mol. The van der Waals surface area contributed by atoms with Crippen LogP contribution < -0.4 is 14.8 Å². The Morgan fingerprint density at radius 3 is 2.70 bits per heavy atom. The van der Waals surface area contributed by atoms with E-state index in [0.29, 0.717) is 42.5 Å². The molecule has 292 valence electrons. The van der Waals surface area contributed by atoms with Crippen molar-refractivity contribution in [2.45, 2.75) is 110 Å². The number of ether oxygens (including phenoxy) is 4. The van der Waals surface area contributed by atoms with Gasteiger partial charge in [0, 0.05) is 48.1 Å².